The largest absolute Gasteiger partial charge is 0.300 e. The molecule has 1 saturated heterocycles. The molecule has 0 saturated carbocycles. The van der Waals surface area contributed by atoms with Crippen molar-refractivity contribution < 1.29 is 0 Å². The van der Waals surface area contributed by atoms with E-state index >= 15 is 0 Å². The molecule has 1 rings (SSSR count). The Morgan fingerprint density at radius 2 is 2.00 bits per heavy atom. The number of piperidine rings is 1. The zero-order chi connectivity index (χ0) is 9.84. The summed E-state index contributed by atoms with van der Waals surface area (Å²) in [5.41, 5.74) is 0. The van der Waals surface area contributed by atoms with Crippen LogP contribution in [0.5, 0.6) is 0 Å². The van der Waals surface area contributed by atoms with E-state index in [1.807, 2.05) is 0 Å². The van der Waals surface area contributed by atoms with Gasteiger partial charge in [0, 0.05) is 6.04 Å². The molecule has 0 bridgehead atoms. The first-order valence-corrected chi connectivity index (χ1v) is 5.85. The quantitative estimate of drug-likeness (QED) is 0.649. The zero-order valence-corrected chi connectivity index (χ0v) is 9.71. The highest BCUT2D eigenvalue weighted by Crippen LogP contribution is 2.23. The van der Waals surface area contributed by atoms with Gasteiger partial charge in [-0.2, -0.15) is 0 Å². The lowest BCUT2D eigenvalue weighted by Crippen LogP contribution is -2.43. The minimum Gasteiger partial charge on any atom is -0.300 e. The SMILES string of the molecule is CC(C)CCN1CCCC(C)C1C. The molecule has 0 N–H and O–H groups in total. The molecular formula is C12H25N. The standard InChI is InChI=1S/C12H25N/c1-10(2)7-9-13-8-5-6-11(3)12(13)4/h10-12H,5-9H2,1-4H3. The van der Waals surface area contributed by atoms with Crippen molar-refractivity contribution in [3.63, 3.8) is 0 Å². The fraction of sp³-hybridized carbons (Fsp3) is 1.00. The molecule has 1 aliphatic rings. The van der Waals surface area contributed by atoms with Crippen LogP contribution < -0.4 is 0 Å². The van der Waals surface area contributed by atoms with Crippen LogP contribution in [-0.4, -0.2) is 24.0 Å². The minimum absolute atomic E-state index is 0.812. The Morgan fingerprint density at radius 3 is 2.62 bits per heavy atom. The molecule has 78 valence electrons. The summed E-state index contributed by atoms with van der Waals surface area (Å²) in [6, 6.07) is 0.812. The summed E-state index contributed by atoms with van der Waals surface area (Å²) in [5.74, 6) is 1.75. The normalized spacial score (nSPS) is 31.2. The van der Waals surface area contributed by atoms with Gasteiger partial charge in [-0.1, -0.05) is 20.8 Å². The van der Waals surface area contributed by atoms with E-state index in [0.717, 1.165) is 17.9 Å². The van der Waals surface area contributed by atoms with E-state index in [9.17, 15) is 0 Å². The lowest BCUT2D eigenvalue weighted by atomic mass is 9.91. The van der Waals surface area contributed by atoms with Gasteiger partial charge in [-0.3, -0.25) is 0 Å². The zero-order valence-electron chi connectivity index (χ0n) is 9.71. The van der Waals surface area contributed by atoms with Crippen LogP contribution in [0, 0.1) is 11.8 Å². The number of nitrogens with zero attached hydrogens (tertiary/aromatic N) is 1. The minimum atomic E-state index is 0.812. The summed E-state index contributed by atoms with van der Waals surface area (Å²) in [6.07, 6.45) is 4.19. The lowest BCUT2D eigenvalue weighted by Gasteiger charge is -2.38. The Labute approximate surface area is 83.5 Å². The molecule has 0 amide bonds. The van der Waals surface area contributed by atoms with Gasteiger partial charge >= 0.3 is 0 Å². The lowest BCUT2D eigenvalue weighted by molar-refractivity contribution is 0.108. The van der Waals surface area contributed by atoms with Crippen molar-refractivity contribution in [2.45, 2.75) is 53.0 Å². The van der Waals surface area contributed by atoms with Crippen molar-refractivity contribution in [1.82, 2.24) is 4.90 Å². The summed E-state index contributed by atoms with van der Waals surface area (Å²) < 4.78 is 0. The Morgan fingerprint density at radius 1 is 1.31 bits per heavy atom. The summed E-state index contributed by atoms with van der Waals surface area (Å²) >= 11 is 0. The van der Waals surface area contributed by atoms with Crippen molar-refractivity contribution in [2.75, 3.05) is 13.1 Å². The van der Waals surface area contributed by atoms with E-state index in [-0.39, 0.29) is 0 Å². The molecule has 13 heavy (non-hydrogen) atoms. The molecule has 1 fully saturated rings. The number of hydrogen-bond acceptors (Lipinski definition) is 1. The average molecular weight is 183 g/mol. The van der Waals surface area contributed by atoms with Crippen LogP contribution >= 0.6 is 0 Å². The van der Waals surface area contributed by atoms with Crippen LogP contribution in [-0.2, 0) is 0 Å². The highest BCUT2D eigenvalue weighted by molar-refractivity contribution is 4.78. The molecule has 1 heteroatoms. The van der Waals surface area contributed by atoms with E-state index in [2.05, 4.69) is 32.6 Å². The first kappa shape index (κ1) is 11.0. The molecule has 0 aromatic carbocycles. The van der Waals surface area contributed by atoms with Crippen molar-refractivity contribution in [1.29, 1.82) is 0 Å². The molecule has 1 nitrogen and oxygen atoms in total. The molecule has 0 spiro atoms. The Balaban J connectivity index is 2.31. The van der Waals surface area contributed by atoms with Gasteiger partial charge in [0.1, 0.15) is 0 Å². The summed E-state index contributed by atoms with van der Waals surface area (Å²) in [4.78, 5) is 2.67. The Hall–Kier alpha value is -0.0400. The average Bonchev–Trinajstić information content (AvgIpc) is 2.07. The number of hydrogen-bond donors (Lipinski definition) is 0. The van der Waals surface area contributed by atoms with Gasteiger partial charge in [-0.05, 0) is 51.1 Å². The summed E-state index contributed by atoms with van der Waals surface area (Å²) in [6.45, 7) is 12.1. The first-order chi connectivity index (χ1) is 6.11. The third kappa shape index (κ3) is 3.30. The molecule has 0 aliphatic carbocycles. The van der Waals surface area contributed by atoms with Gasteiger partial charge in [0.2, 0.25) is 0 Å². The predicted octanol–water partition coefficient (Wildman–Crippen LogP) is 3.15. The molecule has 0 aromatic heterocycles. The smallest absolute Gasteiger partial charge is 0.00925 e. The summed E-state index contributed by atoms with van der Waals surface area (Å²) in [5, 5.41) is 0. The highest BCUT2D eigenvalue weighted by Gasteiger charge is 2.23. The molecule has 0 radical (unpaired) electrons. The fourth-order valence-corrected chi connectivity index (χ4v) is 2.16. The second kappa shape index (κ2) is 4.99. The van der Waals surface area contributed by atoms with Crippen molar-refractivity contribution in [2.24, 2.45) is 11.8 Å². The van der Waals surface area contributed by atoms with Gasteiger partial charge in [-0.25, -0.2) is 0 Å². The van der Waals surface area contributed by atoms with E-state index in [1.165, 1.54) is 32.4 Å². The van der Waals surface area contributed by atoms with E-state index in [4.69, 9.17) is 0 Å². The van der Waals surface area contributed by atoms with Gasteiger partial charge in [0.05, 0.1) is 0 Å². The maximum absolute atomic E-state index is 2.67. The topological polar surface area (TPSA) is 3.24 Å². The van der Waals surface area contributed by atoms with Crippen LogP contribution in [0.25, 0.3) is 0 Å². The van der Waals surface area contributed by atoms with Crippen LogP contribution in [0.1, 0.15) is 47.0 Å². The number of rotatable bonds is 3. The van der Waals surface area contributed by atoms with Crippen molar-refractivity contribution in [3.8, 4) is 0 Å². The maximum Gasteiger partial charge on any atom is 0.00925 e. The maximum atomic E-state index is 2.67. The first-order valence-electron chi connectivity index (χ1n) is 5.85. The second-order valence-corrected chi connectivity index (χ2v) is 5.08. The van der Waals surface area contributed by atoms with E-state index in [0.29, 0.717) is 0 Å². The van der Waals surface area contributed by atoms with Crippen LogP contribution in [0.2, 0.25) is 0 Å². The van der Waals surface area contributed by atoms with Crippen LogP contribution in [0.3, 0.4) is 0 Å². The monoisotopic (exact) mass is 183 g/mol. The highest BCUT2D eigenvalue weighted by atomic mass is 15.2. The van der Waals surface area contributed by atoms with E-state index < -0.39 is 0 Å². The second-order valence-electron chi connectivity index (χ2n) is 5.08. The van der Waals surface area contributed by atoms with Gasteiger partial charge in [0.25, 0.3) is 0 Å². The van der Waals surface area contributed by atoms with Crippen molar-refractivity contribution in [3.05, 3.63) is 0 Å². The summed E-state index contributed by atoms with van der Waals surface area (Å²) in [7, 11) is 0. The molecule has 0 aromatic rings. The van der Waals surface area contributed by atoms with Crippen LogP contribution in [0.15, 0.2) is 0 Å². The Kier molecular flexibility index (Phi) is 4.24. The fourth-order valence-electron chi connectivity index (χ4n) is 2.16. The molecule has 1 aliphatic heterocycles. The predicted molar refractivity (Wildman–Crippen MR) is 58.9 cm³/mol. The molecule has 2 atom stereocenters. The van der Waals surface area contributed by atoms with E-state index in [1.54, 1.807) is 0 Å². The van der Waals surface area contributed by atoms with Gasteiger partial charge < -0.3 is 4.90 Å². The van der Waals surface area contributed by atoms with Crippen molar-refractivity contribution >= 4 is 0 Å². The number of likely N-dealkylation sites (tertiary alicyclic amines) is 1. The van der Waals surface area contributed by atoms with Gasteiger partial charge in [-0.15, -0.1) is 0 Å². The molecular weight excluding hydrogens is 158 g/mol. The third-order valence-electron chi connectivity index (χ3n) is 3.50. The van der Waals surface area contributed by atoms with Gasteiger partial charge in [0.15, 0.2) is 0 Å². The Bertz CT molecular complexity index is 142. The molecule has 2 unspecified atom stereocenters. The van der Waals surface area contributed by atoms with Crippen LogP contribution in [0.4, 0.5) is 0 Å². The molecule has 1 heterocycles. The third-order valence-corrected chi connectivity index (χ3v) is 3.50.